The molecule has 1 fully saturated rings. The van der Waals surface area contributed by atoms with Gasteiger partial charge in [-0.15, -0.1) is 0 Å². The third-order valence-electron chi connectivity index (χ3n) is 3.84. The maximum absolute atomic E-state index is 2.57. The molecule has 3 aliphatic rings. The van der Waals surface area contributed by atoms with Gasteiger partial charge in [-0.25, -0.2) is 0 Å². The predicted octanol–water partition coefficient (Wildman–Crippen LogP) is 1.27. The Bertz CT molecular complexity index is 339. The van der Waals surface area contributed by atoms with Gasteiger partial charge in [0, 0.05) is 0 Å². The second-order valence-electron chi connectivity index (χ2n) is 4.82. The number of fused-ring (bicyclic) bond motifs is 2. The van der Waals surface area contributed by atoms with Crippen LogP contribution in [-0.4, -0.2) is 0 Å². The fourth-order valence-corrected chi connectivity index (χ4v) is 3.03. The van der Waals surface area contributed by atoms with Crippen molar-refractivity contribution in [2.24, 2.45) is 5.92 Å². The third kappa shape index (κ3) is 2.33. The first-order valence-electron chi connectivity index (χ1n) is 6.05. The van der Waals surface area contributed by atoms with Crippen LogP contribution in [0.25, 0.3) is 0 Å². The van der Waals surface area contributed by atoms with Crippen molar-refractivity contribution in [3.8, 4) is 0 Å². The molecular weight excluding hydrogens is 191 g/mol. The van der Waals surface area contributed by atoms with Crippen molar-refractivity contribution < 1.29 is 31.0 Å². The monoisotopic (exact) mass is 210 g/mol. The van der Waals surface area contributed by atoms with E-state index in [4.69, 9.17) is 0 Å². The Morgan fingerprint density at radius 1 is 1.13 bits per heavy atom. The molecule has 76 valence electrons. The number of allylic oxidation sites excluding steroid dienone is 6. The van der Waals surface area contributed by atoms with Crippen molar-refractivity contribution in [1.29, 1.82) is 0 Å². The van der Waals surface area contributed by atoms with Crippen LogP contribution < -0.4 is 29.6 Å². The van der Waals surface area contributed by atoms with Gasteiger partial charge in [0.25, 0.3) is 0 Å². The summed E-state index contributed by atoms with van der Waals surface area (Å²) in [7, 11) is 0. The van der Waals surface area contributed by atoms with Gasteiger partial charge in [-0.1, -0.05) is 30.2 Å². The van der Waals surface area contributed by atoms with E-state index in [2.05, 4.69) is 18.2 Å². The maximum atomic E-state index is 2.57. The van der Waals surface area contributed by atoms with Crippen molar-refractivity contribution in [3.63, 3.8) is 0 Å². The van der Waals surface area contributed by atoms with Crippen LogP contribution in [-0.2, 0) is 0 Å². The van der Waals surface area contributed by atoms with Crippen molar-refractivity contribution >= 4 is 0 Å². The molecule has 3 aliphatic carbocycles. The molecule has 1 unspecified atom stereocenters. The molecule has 0 heterocycles. The first-order chi connectivity index (χ1) is 6.93. The van der Waals surface area contributed by atoms with Gasteiger partial charge in [0.1, 0.15) is 0 Å². The van der Waals surface area contributed by atoms with Crippen LogP contribution in [0.4, 0.5) is 0 Å². The quantitative estimate of drug-likeness (QED) is 0.528. The summed E-state index contributed by atoms with van der Waals surface area (Å²) >= 11 is 0. The second-order valence-corrected chi connectivity index (χ2v) is 4.82. The van der Waals surface area contributed by atoms with Crippen LogP contribution in [0.3, 0.4) is 0 Å². The van der Waals surface area contributed by atoms with E-state index in [9.17, 15) is 0 Å². The first-order valence-corrected chi connectivity index (χ1v) is 6.05. The van der Waals surface area contributed by atoms with E-state index >= 15 is 0 Å². The Labute approximate surface area is 116 Å². The molecule has 0 aromatic heterocycles. The van der Waals surface area contributed by atoms with Gasteiger partial charge in [-0.3, -0.25) is 0 Å². The zero-order valence-electron chi connectivity index (χ0n) is 10.8. The molecule has 1 heteroatoms. The van der Waals surface area contributed by atoms with Crippen LogP contribution in [0.2, 0.25) is 0 Å². The molecule has 1 saturated carbocycles. The zero-order valence-corrected chi connectivity index (χ0v) is 11.8. The topological polar surface area (TPSA) is 0 Å². The van der Waals surface area contributed by atoms with Crippen LogP contribution in [0, 0.1) is 5.92 Å². The number of hydrogen-bond acceptors (Lipinski definition) is 0. The Balaban J connectivity index is 0.000000640. The summed E-state index contributed by atoms with van der Waals surface area (Å²) in [5, 5.41) is 0. The fourth-order valence-electron chi connectivity index (χ4n) is 3.03. The molecular formula is C14H19Na. The van der Waals surface area contributed by atoms with Gasteiger partial charge < -0.3 is 1.43 Å². The number of hydrogen-bond donors (Lipinski definition) is 0. The number of rotatable bonds is 0. The normalized spacial score (nSPS) is 28.8. The molecule has 1 atom stereocenters. The average Bonchev–Trinajstić information content (AvgIpc) is 2.26. The van der Waals surface area contributed by atoms with Gasteiger partial charge in [0.05, 0.1) is 0 Å². The summed E-state index contributed by atoms with van der Waals surface area (Å²) in [5.41, 5.74) is 4.92. The van der Waals surface area contributed by atoms with Crippen LogP contribution >= 0.6 is 0 Å². The molecule has 0 nitrogen and oxygen atoms in total. The molecule has 0 saturated heterocycles. The van der Waals surface area contributed by atoms with Crippen molar-refractivity contribution in [2.45, 2.75) is 44.9 Å². The Morgan fingerprint density at radius 2 is 2.07 bits per heavy atom. The smallest absolute Gasteiger partial charge is 1.00 e. The minimum absolute atomic E-state index is 0. The van der Waals surface area contributed by atoms with E-state index in [0.29, 0.717) is 0 Å². The SMILES string of the molecule is C1=C2C=C3CCCCC3C=C2CCC1.[H-].[Na+]. The molecule has 0 aliphatic heterocycles. The second kappa shape index (κ2) is 5.03. The standard InChI is InChI=1S/C14H18.Na.H/c1-2-6-12-10-14-8-4-3-7-13(14)9-11(12)5-1;;/h5,9-10,14H,1-4,6-8H2;;/q;+1;-1. The zero-order chi connectivity index (χ0) is 9.38. The molecule has 0 bridgehead atoms. The van der Waals surface area contributed by atoms with E-state index in [1.54, 1.807) is 16.7 Å². The Morgan fingerprint density at radius 3 is 3.00 bits per heavy atom. The minimum Gasteiger partial charge on any atom is -1.00 e. The van der Waals surface area contributed by atoms with Gasteiger partial charge in [-0.05, 0) is 55.6 Å². The predicted molar refractivity (Wildman–Crippen MR) is 61.2 cm³/mol. The maximum Gasteiger partial charge on any atom is 1.00 e. The van der Waals surface area contributed by atoms with Gasteiger partial charge in [0.2, 0.25) is 0 Å². The van der Waals surface area contributed by atoms with Gasteiger partial charge in [0.15, 0.2) is 0 Å². The first kappa shape index (κ1) is 11.7. The van der Waals surface area contributed by atoms with Crippen molar-refractivity contribution in [1.82, 2.24) is 0 Å². The molecule has 0 radical (unpaired) electrons. The van der Waals surface area contributed by atoms with Crippen LogP contribution in [0.5, 0.6) is 0 Å². The summed E-state index contributed by atoms with van der Waals surface area (Å²) in [5.74, 6) is 0.814. The summed E-state index contributed by atoms with van der Waals surface area (Å²) in [6.45, 7) is 0. The van der Waals surface area contributed by atoms with Gasteiger partial charge in [-0.2, -0.15) is 0 Å². The Hall–Kier alpha value is 0.220. The molecule has 0 aromatic rings. The molecule has 0 amide bonds. The van der Waals surface area contributed by atoms with E-state index < -0.39 is 0 Å². The van der Waals surface area contributed by atoms with Gasteiger partial charge >= 0.3 is 29.6 Å². The fraction of sp³-hybridized carbons (Fsp3) is 0.571. The average molecular weight is 210 g/mol. The largest absolute Gasteiger partial charge is 1.00 e. The van der Waals surface area contributed by atoms with E-state index in [1.807, 2.05) is 0 Å². The summed E-state index contributed by atoms with van der Waals surface area (Å²) in [6, 6.07) is 0. The molecule has 0 spiro atoms. The van der Waals surface area contributed by atoms with Crippen molar-refractivity contribution in [3.05, 3.63) is 34.9 Å². The van der Waals surface area contributed by atoms with E-state index in [1.165, 1.54) is 44.9 Å². The summed E-state index contributed by atoms with van der Waals surface area (Å²) < 4.78 is 0. The third-order valence-corrected chi connectivity index (χ3v) is 3.84. The van der Waals surface area contributed by atoms with Crippen LogP contribution in [0.15, 0.2) is 34.9 Å². The van der Waals surface area contributed by atoms with E-state index in [-0.39, 0.29) is 31.0 Å². The van der Waals surface area contributed by atoms with E-state index in [0.717, 1.165) is 5.92 Å². The molecule has 0 N–H and O–H groups in total. The minimum atomic E-state index is 0. The molecule has 0 aromatic carbocycles. The van der Waals surface area contributed by atoms with Crippen LogP contribution in [0.1, 0.15) is 46.4 Å². The summed E-state index contributed by atoms with van der Waals surface area (Å²) in [4.78, 5) is 0. The molecule has 3 rings (SSSR count). The molecule has 15 heavy (non-hydrogen) atoms. The Kier molecular flexibility index (Phi) is 3.93. The summed E-state index contributed by atoms with van der Waals surface area (Å²) in [6.07, 6.45) is 17.1. The van der Waals surface area contributed by atoms with Crippen molar-refractivity contribution in [2.75, 3.05) is 0 Å².